The van der Waals surface area contributed by atoms with Gasteiger partial charge in [-0.15, -0.1) is 0 Å². The largest absolute Gasteiger partial charge is 0.497 e. The Hall–Kier alpha value is -1.77. The molecule has 0 aromatic heterocycles. The number of hydrogen-bond acceptors (Lipinski definition) is 3. The molecule has 1 saturated carbocycles. The van der Waals surface area contributed by atoms with E-state index in [9.17, 15) is 4.79 Å². The zero-order valence-electron chi connectivity index (χ0n) is 14.8. The van der Waals surface area contributed by atoms with Gasteiger partial charge in [0.05, 0.1) is 14.2 Å². The van der Waals surface area contributed by atoms with Gasteiger partial charge >= 0.3 is 0 Å². The number of fused-ring (bicyclic) bond motifs is 2. The molecule has 1 fully saturated rings. The maximum atomic E-state index is 12.4. The molecule has 23 heavy (non-hydrogen) atoms. The third-order valence-corrected chi connectivity index (χ3v) is 5.75. The Morgan fingerprint density at radius 1 is 1.09 bits per heavy atom. The molecule has 1 aromatic carbocycles. The van der Waals surface area contributed by atoms with Crippen LogP contribution in [0, 0.1) is 10.8 Å². The Kier molecular flexibility index (Phi) is 3.78. The number of allylic oxidation sites excluding steroid dienone is 2. The van der Waals surface area contributed by atoms with Gasteiger partial charge in [-0.05, 0) is 50.2 Å². The van der Waals surface area contributed by atoms with Crippen LogP contribution in [0.25, 0.3) is 0 Å². The van der Waals surface area contributed by atoms with Crippen molar-refractivity contribution in [2.24, 2.45) is 10.8 Å². The van der Waals surface area contributed by atoms with Crippen molar-refractivity contribution in [3.05, 3.63) is 34.9 Å². The van der Waals surface area contributed by atoms with Crippen LogP contribution in [0.3, 0.4) is 0 Å². The normalized spacial score (nSPS) is 25.8. The van der Waals surface area contributed by atoms with E-state index in [0.717, 1.165) is 30.8 Å². The van der Waals surface area contributed by atoms with Crippen LogP contribution in [0.4, 0.5) is 0 Å². The zero-order valence-corrected chi connectivity index (χ0v) is 14.8. The maximum absolute atomic E-state index is 12.4. The Morgan fingerprint density at radius 2 is 1.83 bits per heavy atom. The second-order valence-electron chi connectivity index (χ2n) is 7.57. The van der Waals surface area contributed by atoms with Gasteiger partial charge in [0.15, 0.2) is 0 Å². The van der Waals surface area contributed by atoms with Crippen molar-refractivity contribution in [2.45, 2.75) is 46.5 Å². The van der Waals surface area contributed by atoms with Gasteiger partial charge in [0, 0.05) is 23.5 Å². The first-order valence-electron chi connectivity index (χ1n) is 8.30. The Bertz CT molecular complexity index is 684. The minimum absolute atomic E-state index is 0.0278. The third-order valence-electron chi connectivity index (χ3n) is 5.75. The first kappa shape index (κ1) is 16.1. The highest BCUT2D eigenvalue weighted by molar-refractivity contribution is 5.89. The predicted octanol–water partition coefficient (Wildman–Crippen LogP) is 4.12. The lowest BCUT2D eigenvalue weighted by molar-refractivity contribution is -0.128. The fraction of sp³-hybridized carbons (Fsp3) is 0.550. The van der Waals surface area contributed by atoms with Gasteiger partial charge in [0.1, 0.15) is 17.3 Å². The molecule has 0 amide bonds. The summed E-state index contributed by atoms with van der Waals surface area (Å²) in [5.41, 5.74) is 3.45. The van der Waals surface area contributed by atoms with Gasteiger partial charge in [-0.3, -0.25) is 4.79 Å². The van der Waals surface area contributed by atoms with Crippen LogP contribution in [0.2, 0.25) is 0 Å². The van der Waals surface area contributed by atoms with Crippen LogP contribution in [0.1, 0.15) is 44.7 Å². The Labute approximate surface area is 138 Å². The topological polar surface area (TPSA) is 35.5 Å². The van der Waals surface area contributed by atoms with Crippen LogP contribution in [0.15, 0.2) is 23.8 Å². The zero-order chi connectivity index (χ0) is 16.8. The van der Waals surface area contributed by atoms with Crippen LogP contribution in [-0.4, -0.2) is 20.0 Å². The molecule has 3 nitrogen and oxygen atoms in total. The summed E-state index contributed by atoms with van der Waals surface area (Å²) in [4.78, 5) is 12.4. The highest BCUT2D eigenvalue weighted by Crippen LogP contribution is 2.52. The maximum Gasteiger partial charge on any atom is 0.142 e. The van der Waals surface area contributed by atoms with Crippen LogP contribution < -0.4 is 9.47 Å². The molecule has 0 N–H and O–H groups in total. The molecule has 0 bridgehead atoms. The van der Waals surface area contributed by atoms with E-state index >= 15 is 0 Å². The first-order chi connectivity index (χ1) is 10.8. The van der Waals surface area contributed by atoms with E-state index in [1.54, 1.807) is 14.2 Å². The lowest BCUT2D eigenvalue weighted by Gasteiger charge is -2.44. The number of ether oxygens (including phenoxy) is 2. The lowest BCUT2D eigenvalue weighted by atomic mass is 9.58. The molecule has 1 unspecified atom stereocenters. The number of methoxy groups -OCH3 is 2. The highest BCUT2D eigenvalue weighted by Gasteiger charge is 2.47. The number of carbonyl (C=O) groups excluding carboxylic acids is 1. The fourth-order valence-electron chi connectivity index (χ4n) is 4.42. The van der Waals surface area contributed by atoms with Gasteiger partial charge in [0.25, 0.3) is 0 Å². The van der Waals surface area contributed by atoms with E-state index in [2.05, 4.69) is 32.9 Å². The number of carbonyl (C=O) groups is 1. The summed E-state index contributed by atoms with van der Waals surface area (Å²) in [5.74, 6) is 2.07. The fourth-order valence-corrected chi connectivity index (χ4v) is 4.42. The molecule has 0 aliphatic heterocycles. The highest BCUT2D eigenvalue weighted by atomic mass is 16.5. The quantitative estimate of drug-likeness (QED) is 0.770. The Balaban J connectivity index is 2.13. The van der Waals surface area contributed by atoms with E-state index in [1.807, 2.05) is 6.07 Å². The second-order valence-corrected chi connectivity index (χ2v) is 7.57. The molecule has 0 radical (unpaired) electrons. The molecule has 1 atom stereocenters. The van der Waals surface area contributed by atoms with Crippen molar-refractivity contribution in [3.63, 3.8) is 0 Å². The summed E-state index contributed by atoms with van der Waals surface area (Å²) in [6.07, 6.45) is 5.60. The molecule has 1 aromatic rings. The molecule has 0 heterocycles. The molecular weight excluding hydrogens is 288 g/mol. The van der Waals surface area contributed by atoms with Crippen molar-refractivity contribution in [2.75, 3.05) is 14.2 Å². The summed E-state index contributed by atoms with van der Waals surface area (Å²) < 4.78 is 11.0. The average Bonchev–Trinajstić information content (AvgIpc) is 2.67. The molecular formula is C20H26O3. The SMILES string of the molecule is COc1cc2c(c(OC)c1)CC=C1C(C)(CCC(=O)C1(C)C)C2. The monoisotopic (exact) mass is 314 g/mol. The smallest absolute Gasteiger partial charge is 0.142 e. The molecule has 2 aliphatic rings. The van der Waals surface area contributed by atoms with Crippen molar-refractivity contribution in [1.82, 2.24) is 0 Å². The van der Waals surface area contributed by atoms with Crippen molar-refractivity contribution in [3.8, 4) is 11.5 Å². The van der Waals surface area contributed by atoms with Crippen LogP contribution in [0.5, 0.6) is 11.5 Å². The van der Waals surface area contributed by atoms with Gasteiger partial charge in [-0.2, -0.15) is 0 Å². The number of ketones is 1. The van der Waals surface area contributed by atoms with Gasteiger partial charge < -0.3 is 9.47 Å². The van der Waals surface area contributed by atoms with E-state index in [-0.39, 0.29) is 10.8 Å². The third kappa shape index (κ3) is 2.46. The number of hydrogen-bond donors (Lipinski definition) is 0. The van der Waals surface area contributed by atoms with Crippen LogP contribution in [-0.2, 0) is 17.6 Å². The summed E-state index contributed by atoms with van der Waals surface area (Å²) in [6.45, 7) is 6.45. The molecule has 3 heteroatoms. The Morgan fingerprint density at radius 3 is 2.48 bits per heavy atom. The van der Waals surface area contributed by atoms with E-state index in [1.165, 1.54) is 16.7 Å². The lowest BCUT2D eigenvalue weighted by Crippen LogP contribution is -2.41. The number of benzene rings is 1. The minimum Gasteiger partial charge on any atom is -0.497 e. The summed E-state index contributed by atoms with van der Waals surface area (Å²) >= 11 is 0. The van der Waals surface area contributed by atoms with E-state index in [0.29, 0.717) is 12.2 Å². The molecule has 124 valence electrons. The van der Waals surface area contributed by atoms with Crippen molar-refractivity contribution >= 4 is 5.78 Å². The van der Waals surface area contributed by atoms with Gasteiger partial charge in [-0.1, -0.05) is 18.6 Å². The minimum atomic E-state index is -0.369. The summed E-state index contributed by atoms with van der Waals surface area (Å²) in [6, 6.07) is 4.08. The molecule has 2 aliphatic carbocycles. The first-order valence-corrected chi connectivity index (χ1v) is 8.30. The standard InChI is InChI=1S/C20H26O3/c1-19(2)17-7-6-15-13(10-14(22-4)11-16(15)23-5)12-20(17,3)9-8-18(19)21/h7,10-11H,6,8-9,12H2,1-5H3. The van der Waals surface area contributed by atoms with Crippen molar-refractivity contribution in [1.29, 1.82) is 0 Å². The molecule has 0 spiro atoms. The predicted molar refractivity (Wildman–Crippen MR) is 91.2 cm³/mol. The molecule has 0 saturated heterocycles. The number of Topliss-reactive ketones (excluding diaryl/α,β-unsaturated/α-hetero) is 1. The van der Waals surface area contributed by atoms with E-state index in [4.69, 9.17) is 9.47 Å². The molecule has 3 rings (SSSR count). The van der Waals surface area contributed by atoms with Gasteiger partial charge in [-0.25, -0.2) is 0 Å². The summed E-state index contributed by atoms with van der Waals surface area (Å²) in [5, 5.41) is 0. The van der Waals surface area contributed by atoms with Crippen LogP contribution >= 0.6 is 0 Å². The van der Waals surface area contributed by atoms with Crippen molar-refractivity contribution < 1.29 is 14.3 Å². The average molecular weight is 314 g/mol. The van der Waals surface area contributed by atoms with Gasteiger partial charge in [0.2, 0.25) is 0 Å². The number of rotatable bonds is 2. The van der Waals surface area contributed by atoms with E-state index < -0.39 is 0 Å². The summed E-state index contributed by atoms with van der Waals surface area (Å²) in [7, 11) is 3.39. The second kappa shape index (κ2) is 5.40.